The van der Waals surface area contributed by atoms with Gasteiger partial charge in [-0.05, 0) is 31.4 Å². The second-order valence-corrected chi connectivity index (χ2v) is 11.2. The second-order valence-electron chi connectivity index (χ2n) is 11.2. The lowest BCUT2D eigenvalue weighted by Gasteiger charge is -2.56. The molecular formula is C26H36O11. The number of aliphatic hydroxyl groups is 2. The molecule has 2 saturated heterocycles. The van der Waals surface area contributed by atoms with Crippen molar-refractivity contribution in [2.24, 2.45) is 17.3 Å². The van der Waals surface area contributed by atoms with E-state index in [0.717, 1.165) is 0 Å². The van der Waals surface area contributed by atoms with Crippen LogP contribution in [0.2, 0.25) is 0 Å². The van der Waals surface area contributed by atoms with Gasteiger partial charge in [-0.25, -0.2) is 4.79 Å². The van der Waals surface area contributed by atoms with E-state index in [1.165, 1.54) is 27.7 Å². The first-order valence-corrected chi connectivity index (χ1v) is 12.6. The zero-order valence-electron chi connectivity index (χ0n) is 22.2. The third-order valence-corrected chi connectivity index (χ3v) is 8.91. The minimum Gasteiger partial charge on any atom is -0.462 e. The summed E-state index contributed by atoms with van der Waals surface area (Å²) in [5.74, 6) is -3.96. The highest BCUT2D eigenvalue weighted by Crippen LogP contribution is 2.65. The van der Waals surface area contributed by atoms with Gasteiger partial charge in [0.15, 0.2) is 17.3 Å². The fraction of sp³-hybridized carbons (Fsp3) is 0.769. The van der Waals surface area contributed by atoms with E-state index in [2.05, 4.69) is 0 Å². The Morgan fingerprint density at radius 3 is 2.03 bits per heavy atom. The zero-order chi connectivity index (χ0) is 27.7. The van der Waals surface area contributed by atoms with Gasteiger partial charge >= 0.3 is 23.9 Å². The minimum absolute atomic E-state index is 0.0203. The molecule has 0 aromatic rings. The van der Waals surface area contributed by atoms with E-state index >= 15 is 0 Å². The third kappa shape index (κ3) is 4.06. The predicted molar refractivity (Wildman–Crippen MR) is 125 cm³/mol. The van der Waals surface area contributed by atoms with Crippen molar-refractivity contribution in [2.75, 3.05) is 0 Å². The van der Waals surface area contributed by atoms with E-state index in [9.17, 15) is 29.4 Å². The molecule has 0 radical (unpaired) electrons. The second kappa shape index (κ2) is 9.06. The largest absolute Gasteiger partial charge is 0.462 e. The van der Waals surface area contributed by atoms with Crippen LogP contribution in [-0.2, 0) is 42.9 Å². The Morgan fingerprint density at radius 2 is 1.51 bits per heavy atom. The Kier molecular flexibility index (Phi) is 6.74. The van der Waals surface area contributed by atoms with Gasteiger partial charge in [0.25, 0.3) is 0 Å². The van der Waals surface area contributed by atoms with E-state index in [-0.39, 0.29) is 12.8 Å². The number of ether oxygens (including phenoxy) is 5. The summed E-state index contributed by atoms with van der Waals surface area (Å²) in [7, 11) is 0. The van der Waals surface area contributed by atoms with Gasteiger partial charge in [0.05, 0.1) is 12.2 Å². The van der Waals surface area contributed by atoms with Crippen molar-refractivity contribution >= 4 is 23.9 Å². The van der Waals surface area contributed by atoms with Gasteiger partial charge in [0, 0.05) is 44.9 Å². The van der Waals surface area contributed by atoms with E-state index in [1.807, 2.05) is 0 Å². The highest BCUT2D eigenvalue weighted by atomic mass is 16.7. The standard InChI is InChI=1S/C26H36O11/c1-11-8-20-26(25(7,37-26)23(32)36-20)22(31)21-12(2)16(30)9-18(34-14(4)28)24(21,6)19(35-15(5)29)10-17(11)33-13(3)27/h8,12,16-22,30-31H,9-10H2,1-7H3/b11-8-/t12-,16-,17+,18-,19-,20-,21+,22-,24+,25-,26-/m0/s1. The summed E-state index contributed by atoms with van der Waals surface area (Å²) in [4.78, 5) is 49.4. The quantitative estimate of drug-likeness (QED) is 0.234. The molecule has 1 saturated carbocycles. The summed E-state index contributed by atoms with van der Waals surface area (Å²) >= 11 is 0. The van der Waals surface area contributed by atoms with Crippen LogP contribution in [0, 0.1) is 17.3 Å². The molecule has 37 heavy (non-hydrogen) atoms. The SMILES string of the molecule is CC(=O)O[C@H]1C[C@@H](OC(C)=O)/C(C)=C\[C@@H]2OC(=O)[C@]3(C)O[C@]23[C@@H](O)[C@H]2[C@@H](C)[C@@H](O)C[C@H](OC(C)=O)[C@@]21C. The summed E-state index contributed by atoms with van der Waals surface area (Å²) in [6.07, 6.45) is -4.70. The predicted octanol–water partition coefficient (Wildman–Crippen LogP) is 0.969. The lowest BCUT2D eigenvalue weighted by Crippen LogP contribution is -2.66. The summed E-state index contributed by atoms with van der Waals surface area (Å²) in [6.45, 7) is 10.4. The molecule has 11 nitrogen and oxygen atoms in total. The molecule has 11 heteroatoms. The molecule has 2 aliphatic carbocycles. The zero-order valence-corrected chi connectivity index (χ0v) is 22.2. The maximum absolute atomic E-state index is 12.9. The number of carbonyl (C=O) groups is 4. The van der Waals surface area contributed by atoms with Crippen LogP contribution in [-0.4, -0.2) is 81.9 Å². The first-order chi connectivity index (χ1) is 17.1. The fourth-order valence-electron chi connectivity index (χ4n) is 6.92. The van der Waals surface area contributed by atoms with Crippen molar-refractivity contribution in [3.63, 3.8) is 0 Å². The van der Waals surface area contributed by atoms with Gasteiger partial charge in [0.2, 0.25) is 0 Å². The highest BCUT2D eigenvalue weighted by Gasteiger charge is 2.86. The lowest BCUT2D eigenvalue weighted by molar-refractivity contribution is -0.229. The molecule has 2 N–H and O–H groups in total. The van der Waals surface area contributed by atoms with Gasteiger partial charge in [0.1, 0.15) is 18.3 Å². The third-order valence-electron chi connectivity index (χ3n) is 8.91. The molecule has 2 heterocycles. The van der Waals surface area contributed by atoms with E-state index in [1.54, 1.807) is 26.8 Å². The molecule has 0 unspecified atom stereocenters. The van der Waals surface area contributed by atoms with E-state index < -0.39 is 89.0 Å². The van der Waals surface area contributed by atoms with Crippen molar-refractivity contribution in [2.45, 2.75) is 109 Å². The smallest absolute Gasteiger partial charge is 0.342 e. The number of aliphatic hydroxyl groups excluding tert-OH is 2. The molecule has 11 atom stereocenters. The molecule has 4 aliphatic rings. The molecule has 3 fully saturated rings. The molecule has 206 valence electrons. The van der Waals surface area contributed by atoms with Crippen molar-refractivity contribution in [1.82, 2.24) is 0 Å². The lowest BCUT2D eigenvalue weighted by atomic mass is 9.53. The molecule has 0 bridgehead atoms. The Balaban J connectivity index is 1.97. The van der Waals surface area contributed by atoms with Crippen LogP contribution in [0.1, 0.15) is 61.3 Å². The van der Waals surface area contributed by atoms with Crippen molar-refractivity contribution in [3.05, 3.63) is 11.6 Å². The number of rotatable bonds is 3. The summed E-state index contributed by atoms with van der Waals surface area (Å²) in [5.41, 5.74) is -3.75. The molecule has 0 amide bonds. The molecule has 1 spiro atoms. The van der Waals surface area contributed by atoms with Gasteiger partial charge in [-0.2, -0.15) is 0 Å². The summed E-state index contributed by atoms with van der Waals surface area (Å²) in [6, 6.07) is 0. The molecular weight excluding hydrogens is 488 g/mol. The Labute approximate surface area is 215 Å². The number of hydrogen-bond acceptors (Lipinski definition) is 11. The maximum atomic E-state index is 12.9. The van der Waals surface area contributed by atoms with Gasteiger partial charge in [-0.3, -0.25) is 14.4 Å². The highest BCUT2D eigenvalue weighted by molar-refractivity contribution is 5.89. The van der Waals surface area contributed by atoms with Crippen LogP contribution in [0.5, 0.6) is 0 Å². The monoisotopic (exact) mass is 524 g/mol. The molecule has 2 aliphatic heterocycles. The van der Waals surface area contributed by atoms with Gasteiger partial charge in [-0.15, -0.1) is 0 Å². The molecule has 4 rings (SSSR count). The average molecular weight is 525 g/mol. The van der Waals surface area contributed by atoms with Crippen LogP contribution in [0.3, 0.4) is 0 Å². The topological polar surface area (TPSA) is 158 Å². The van der Waals surface area contributed by atoms with Crippen molar-refractivity contribution < 1.29 is 53.1 Å². The molecule has 0 aromatic heterocycles. The minimum atomic E-state index is -1.51. The molecule has 0 aromatic carbocycles. The first-order valence-electron chi connectivity index (χ1n) is 12.6. The normalized spacial score (nSPS) is 48.1. The number of carbonyl (C=O) groups excluding carboxylic acids is 4. The number of esters is 4. The number of fused-ring (bicyclic) bond motifs is 1. The number of hydrogen-bond donors (Lipinski definition) is 2. The van der Waals surface area contributed by atoms with E-state index in [0.29, 0.717) is 5.57 Å². The Bertz CT molecular complexity index is 1040. The number of epoxide rings is 1. The van der Waals surface area contributed by atoms with E-state index in [4.69, 9.17) is 23.7 Å². The Morgan fingerprint density at radius 1 is 0.973 bits per heavy atom. The fourth-order valence-corrected chi connectivity index (χ4v) is 6.92. The Hall–Kier alpha value is -2.50. The maximum Gasteiger partial charge on any atom is 0.342 e. The average Bonchev–Trinajstić information content (AvgIpc) is 3.36. The van der Waals surface area contributed by atoms with Gasteiger partial charge < -0.3 is 33.9 Å². The first kappa shape index (κ1) is 27.5. The van der Waals surface area contributed by atoms with Crippen LogP contribution in [0.4, 0.5) is 0 Å². The summed E-state index contributed by atoms with van der Waals surface area (Å²) in [5, 5.41) is 23.1. The van der Waals surface area contributed by atoms with Crippen LogP contribution in [0.15, 0.2) is 11.6 Å². The van der Waals surface area contributed by atoms with Crippen LogP contribution < -0.4 is 0 Å². The van der Waals surface area contributed by atoms with Crippen LogP contribution >= 0.6 is 0 Å². The van der Waals surface area contributed by atoms with Crippen molar-refractivity contribution in [3.8, 4) is 0 Å². The summed E-state index contributed by atoms with van der Waals surface area (Å²) < 4.78 is 28.7. The van der Waals surface area contributed by atoms with Gasteiger partial charge in [-0.1, -0.05) is 13.8 Å². The van der Waals surface area contributed by atoms with Crippen LogP contribution in [0.25, 0.3) is 0 Å². The van der Waals surface area contributed by atoms with Crippen molar-refractivity contribution in [1.29, 1.82) is 0 Å².